The van der Waals surface area contributed by atoms with E-state index in [2.05, 4.69) is 0 Å². The Kier molecular flexibility index (Phi) is 3.97. The largest absolute Gasteiger partial charge is 0.478 e. The Morgan fingerprint density at radius 3 is 2.42 bits per heavy atom. The summed E-state index contributed by atoms with van der Waals surface area (Å²) in [6.45, 7) is 0. The van der Waals surface area contributed by atoms with Crippen LogP contribution in [0.3, 0.4) is 0 Å². The number of carbonyl (C=O) groups is 1. The maximum Gasteiger partial charge on any atom is 0.336 e. The van der Waals surface area contributed by atoms with E-state index >= 15 is 0 Å². The molecule has 2 rings (SSSR count). The molecule has 2 nitrogen and oxygen atoms in total. The van der Waals surface area contributed by atoms with E-state index in [0.29, 0.717) is 16.1 Å². The van der Waals surface area contributed by atoms with Crippen LogP contribution in [0.5, 0.6) is 0 Å². The summed E-state index contributed by atoms with van der Waals surface area (Å²) >= 11 is 5.85. The van der Waals surface area contributed by atoms with Crippen LogP contribution in [0, 0.1) is 5.82 Å². The van der Waals surface area contributed by atoms with Crippen molar-refractivity contribution in [1.29, 1.82) is 0 Å². The third kappa shape index (κ3) is 3.42. The van der Waals surface area contributed by atoms with Crippen LogP contribution in [0.2, 0.25) is 5.02 Å². The molecule has 0 spiro atoms. The standard InChI is InChI=1S/C15H10ClFO2/c16-12-3-1-2-10(8-12)9-14(15(18)19)11-4-6-13(17)7-5-11/h1-9H,(H,18,19)/b14-9+. The number of aliphatic carboxylic acids is 1. The zero-order chi connectivity index (χ0) is 13.8. The molecule has 2 aromatic rings. The molecule has 0 aromatic heterocycles. The van der Waals surface area contributed by atoms with Gasteiger partial charge in [-0.05, 0) is 41.5 Å². The molecule has 1 N–H and O–H groups in total. The molecule has 0 aliphatic carbocycles. The second-order valence-corrected chi connectivity index (χ2v) is 4.36. The maximum absolute atomic E-state index is 12.8. The summed E-state index contributed by atoms with van der Waals surface area (Å²) < 4.78 is 12.8. The van der Waals surface area contributed by atoms with Gasteiger partial charge in [0.15, 0.2) is 0 Å². The third-order valence-electron chi connectivity index (χ3n) is 2.55. The van der Waals surface area contributed by atoms with Crippen molar-refractivity contribution < 1.29 is 14.3 Å². The lowest BCUT2D eigenvalue weighted by Crippen LogP contribution is -1.99. The number of benzene rings is 2. The smallest absolute Gasteiger partial charge is 0.336 e. The number of carboxylic acid groups (broad SMARTS) is 1. The summed E-state index contributed by atoms with van der Waals surface area (Å²) in [7, 11) is 0. The second kappa shape index (κ2) is 5.67. The van der Waals surface area contributed by atoms with Crippen LogP contribution in [0.25, 0.3) is 11.6 Å². The van der Waals surface area contributed by atoms with Gasteiger partial charge in [-0.15, -0.1) is 0 Å². The first-order valence-corrected chi connectivity index (χ1v) is 5.90. The van der Waals surface area contributed by atoms with Crippen molar-refractivity contribution in [3.8, 4) is 0 Å². The van der Waals surface area contributed by atoms with Crippen molar-refractivity contribution in [3.05, 3.63) is 70.5 Å². The van der Waals surface area contributed by atoms with E-state index in [-0.39, 0.29) is 5.57 Å². The summed E-state index contributed by atoms with van der Waals surface area (Å²) in [5.74, 6) is -1.48. The van der Waals surface area contributed by atoms with Crippen molar-refractivity contribution in [2.24, 2.45) is 0 Å². The van der Waals surface area contributed by atoms with Crippen molar-refractivity contribution in [1.82, 2.24) is 0 Å². The van der Waals surface area contributed by atoms with E-state index in [9.17, 15) is 14.3 Å². The third-order valence-corrected chi connectivity index (χ3v) is 2.78. The van der Waals surface area contributed by atoms with Gasteiger partial charge in [0, 0.05) is 5.02 Å². The first-order valence-electron chi connectivity index (χ1n) is 5.53. The van der Waals surface area contributed by atoms with Gasteiger partial charge in [0.1, 0.15) is 5.82 Å². The SMILES string of the molecule is O=C(O)/C(=C/c1cccc(Cl)c1)c1ccc(F)cc1. The molecule has 0 unspecified atom stereocenters. The van der Waals surface area contributed by atoms with E-state index < -0.39 is 11.8 Å². The molecular formula is C15H10ClFO2. The Labute approximate surface area is 114 Å². The fourth-order valence-electron chi connectivity index (χ4n) is 1.66. The summed E-state index contributed by atoms with van der Waals surface area (Å²) in [5, 5.41) is 9.76. The Morgan fingerprint density at radius 2 is 1.84 bits per heavy atom. The highest BCUT2D eigenvalue weighted by molar-refractivity contribution is 6.30. The van der Waals surface area contributed by atoms with Crippen molar-refractivity contribution in [3.63, 3.8) is 0 Å². The summed E-state index contributed by atoms with van der Waals surface area (Å²) in [6, 6.07) is 12.2. The number of hydrogen-bond acceptors (Lipinski definition) is 1. The van der Waals surface area contributed by atoms with Gasteiger partial charge in [0.05, 0.1) is 5.57 Å². The average Bonchev–Trinajstić information content (AvgIpc) is 2.37. The van der Waals surface area contributed by atoms with Gasteiger partial charge >= 0.3 is 5.97 Å². The van der Waals surface area contributed by atoms with E-state index in [1.807, 2.05) is 0 Å². The van der Waals surface area contributed by atoms with Gasteiger partial charge in [-0.2, -0.15) is 0 Å². The molecule has 0 aliphatic rings. The average molecular weight is 277 g/mol. The minimum absolute atomic E-state index is 0.0854. The molecule has 19 heavy (non-hydrogen) atoms. The van der Waals surface area contributed by atoms with Crippen LogP contribution < -0.4 is 0 Å². The number of carboxylic acids is 1. The molecule has 0 atom stereocenters. The van der Waals surface area contributed by atoms with Crippen molar-refractivity contribution >= 4 is 29.2 Å². The zero-order valence-corrected chi connectivity index (χ0v) is 10.6. The molecule has 0 saturated heterocycles. The molecule has 0 heterocycles. The molecule has 0 aliphatic heterocycles. The van der Waals surface area contributed by atoms with Gasteiger partial charge in [0.2, 0.25) is 0 Å². The lowest BCUT2D eigenvalue weighted by Gasteiger charge is -2.03. The first-order chi connectivity index (χ1) is 9.06. The number of hydrogen-bond donors (Lipinski definition) is 1. The topological polar surface area (TPSA) is 37.3 Å². The van der Waals surface area contributed by atoms with E-state index in [1.54, 1.807) is 24.3 Å². The Hall–Kier alpha value is -2.13. The van der Waals surface area contributed by atoms with E-state index in [1.165, 1.54) is 30.3 Å². The fourth-order valence-corrected chi connectivity index (χ4v) is 1.86. The van der Waals surface area contributed by atoms with Gasteiger partial charge in [-0.1, -0.05) is 35.9 Å². The van der Waals surface area contributed by atoms with Crippen LogP contribution in [0.1, 0.15) is 11.1 Å². The highest BCUT2D eigenvalue weighted by atomic mass is 35.5. The van der Waals surface area contributed by atoms with E-state index in [0.717, 1.165) is 0 Å². The predicted octanol–water partition coefficient (Wildman–Crippen LogP) is 4.10. The molecule has 96 valence electrons. The van der Waals surface area contributed by atoms with Crippen LogP contribution in [-0.2, 0) is 4.79 Å². The summed E-state index contributed by atoms with van der Waals surface area (Å²) in [4.78, 5) is 11.3. The van der Waals surface area contributed by atoms with Gasteiger partial charge < -0.3 is 5.11 Å². The van der Waals surface area contributed by atoms with Gasteiger partial charge in [-0.25, -0.2) is 9.18 Å². The van der Waals surface area contributed by atoms with Gasteiger partial charge in [-0.3, -0.25) is 0 Å². The van der Waals surface area contributed by atoms with Crippen molar-refractivity contribution in [2.75, 3.05) is 0 Å². The van der Waals surface area contributed by atoms with Crippen molar-refractivity contribution in [2.45, 2.75) is 0 Å². The highest BCUT2D eigenvalue weighted by Crippen LogP contribution is 2.20. The Bertz CT molecular complexity index is 633. The Morgan fingerprint density at radius 1 is 1.16 bits per heavy atom. The monoisotopic (exact) mass is 276 g/mol. The quantitative estimate of drug-likeness (QED) is 0.677. The zero-order valence-electron chi connectivity index (χ0n) is 9.81. The second-order valence-electron chi connectivity index (χ2n) is 3.93. The van der Waals surface area contributed by atoms with Gasteiger partial charge in [0.25, 0.3) is 0 Å². The fraction of sp³-hybridized carbons (Fsp3) is 0. The summed E-state index contributed by atoms with van der Waals surface area (Å²) in [6.07, 6.45) is 1.50. The highest BCUT2D eigenvalue weighted by Gasteiger charge is 2.10. The normalized spacial score (nSPS) is 11.4. The molecule has 0 saturated carbocycles. The lowest BCUT2D eigenvalue weighted by atomic mass is 10.0. The summed E-state index contributed by atoms with van der Waals surface area (Å²) in [5.41, 5.74) is 1.20. The lowest BCUT2D eigenvalue weighted by molar-refractivity contribution is -0.130. The molecule has 0 bridgehead atoms. The molecule has 4 heteroatoms. The minimum Gasteiger partial charge on any atom is -0.478 e. The molecule has 0 radical (unpaired) electrons. The van der Waals surface area contributed by atoms with Crippen LogP contribution >= 0.6 is 11.6 Å². The number of halogens is 2. The number of rotatable bonds is 3. The first kappa shape index (κ1) is 13.3. The molecular weight excluding hydrogens is 267 g/mol. The maximum atomic E-state index is 12.8. The molecule has 0 amide bonds. The minimum atomic E-state index is -1.08. The predicted molar refractivity (Wildman–Crippen MR) is 73.4 cm³/mol. The van der Waals surface area contributed by atoms with Crippen LogP contribution in [0.15, 0.2) is 48.5 Å². The van der Waals surface area contributed by atoms with Crippen LogP contribution in [0.4, 0.5) is 4.39 Å². The van der Waals surface area contributed by atoms with Crippen LogP contribution in [-0.4, -0.2) is 11.1 Å². The molecule has 2 aromatic carbocycles. The molecule has 0 fully saturated rings. The Balaban J connectivity index is 2.46. The van der Waals surface area contributed by atoms with E-state index in [4.69, 9.17) is 11.6 Å².